The maximum Gasteiger partial charge on any atom is 0.261 e. The number of amides is 1. The van der Waals surface area contributed by atoms with Crippen molar-refractivity contribution in [2.24, 2.45) is 0 Å². The number of halogens is 1. The molecule has 9 heteroatoms. The van der Waals surface area contributed by atoms with Gasteiger partial charge in [-0.3, -0.25) is 14.8 Å². The number of fused-ring (bicyclic) bond motifs is 1. The Bertz CT molecular complexity index is 1650. The number of para-hydroxylation sites is 1. The minimum absolute atomic E-state index is 0.0978. The zero-order valence-corrected chi connectivity index (χ0v) is 19.7. The first-order valence-electron chi connectivity index (χ1n) is 10.5. The summed E-state index contributed by atoms with van der Waals surface area (Å²) in [6, 6.07) is 24.7. The summed E-state index contributed by atoms with van der Waals surface area (Å²) < 4.78 is 41.0. The molecule has 0 spiro atoms. The second kappa shape index (κ2) is 9.28. The van der Waals surface area contributed by atoms with Crippen LogP contribution in [0.1, 0.15) is 10.4 Å². The molecular weight excluding hydrogens is 485 g/mol. The Morgan fingerprint density at radius 3 is 2.37 bits per heavy atom. The largest absolute Gasteiger partial charge is 0.298 e. The molecule has 0 saturated heterocycles. The van der Waals surface area contributed by atoms with Crippen molar-refractivity contribution < 1.29 is 17.6 Å². The van der Waals surface area contributed by atoms with Crippen LogP contribution in [0, 0.1) is 5.82 Å². The number of sulfonamides is 1. The van der Waals surface area contributed by atoms with Crippen LogP contribution in [0.2, 0.25) is 0 Å². The van der Waals surface area contributed by atoms with E-state index in [1.54, 1.807) is 12.1 Å². The van der Waals surface area contributed by atoms with Crippen molar-refractivity contribution >= 4 is 48.9 Å². The fourth-order valence-corrected chi connectivity index (χ4v) is 5.36. The fraction of sp³-hybridized carbons (Fsp3) is 0. The second-order valence-corrected chi connectivity index (χ2v) is 10.2. The number of hydrogen-bond acceptors (Lipinski definition) is 5. The Kier molecular flexibility index (Phi) is 6.02. The van der Waals surface area contributed by atoms with Gasteiger partial charge in [-0.2, -0.15) is 0 Å². The number of nitrogens with one attached hydrogen (secondary N) is 2. The zero-order valence-electron chi connectivity index (χ0n) is 18.1. The van der Waals surface area contributed by atoms with Gasteiger partial charge in [0.2, 0.25) is 0 Å². The average Bonchev–Trinajstić information content (AvgIpc) is 3.32. The minimum atomic E-state index is -4.02. The van der Waals surface area contributed by atoms with Gasteiger partial charge in [0, 0.05) is 10.9 Å². The van der Waals surface area contributed by atoms with Crippen LogP contribution in [0.3, 0.4) is 0 Å². The molecule has 1 amide bonds. The molecule has 0 aliphatic rings. The topological polar surface area (TPSA) is 88.2 Å². The second-order valence-electron chi connectivity index (χ2n) is 7.66. The molecule has 174 valence electrons. The summed E-state index contributed by atoms with van der Waals surface area (Å²) in [4.78, 5) is 17.4. The molecule has 0 atom stereocenters. The van der Waals surface area contributed by atoms with E-state index < -0.39 is 21.7 Å². The number of carbonyl (C=O) groups is 1. The molecule has 0 radical (unpaired) electrons. The molecule has 0 aliphatic heterocycles. The highest BCUT2D eigenvalue weighted by atomic mass is 32.2. The van der Waals surface area contributed by atoms with Gasteiger partial charge >= 0.3 is 0 Å². The van der Waals surface area contributed by atoms with Crippen LogP contribution in [0.4, 0.5) is 15.2 Å². The van der Waals surface area contributed by atoms with Gasteiger partial charge < -0.3 is 0 Å². The molecule has 0 saturated carbocycles. The van der Waals surface area contributed by atoms with Crippen molar-refractivity contribution in [2.75, 3.05) is 10.0 Å². The Morgan fingerprint density at radius 2 is 1.57 bits per heavy atom. The SMILES string of the molecule is O=C(Nc1nc(-c2ccc3ccccc3c2)cs1)c1ccccc1NS(=O)(=O)c1ccc(F)cc1. The maximum absolute atomic E-state index is 13.2. The lowest BCUT2D eigenvalue weighted by atomic mass is 10.1. The van der Waals surface area contributed by atoms with Crippen molar-refractivity contribution in [3.05, 3.63) is 108 Å². The molecule has 5 aromatic rings. The number of thiazole rings is 1. The first-order valence-corrected chi connectivity index (χ1v) is 12.9. The predicted octanol–water partition coefficient (Wildman–Crippen LogP) is 6.16. The molecule has 0 unspecified atom stereocenters. The van der Waals surface area contributed by atoms with Gasteiger partial charge in [0.1, 0.15) is 5.82 Å². The van der Waals surface area contributed by atoms with Crippen LogP contribution in [0.5, 0.6) is 0 Å². The van der Waals surface area contributed by atoms with E-state index in [1.807, 2.05) is 47.8 Å². The van der Waals surface area contributed by atoms with Crippen LogP contribution in [0.15, 0.2) is 101 Å². The average molecular weight is 504 g/mol. The molecular formula is C26H18FN3O3S2. The van der Waals surface area contributed by atoms with Crippen molar-refractivity contribution in [1.29, 1.82) is 0 Å². The quantitative estimate of drug-likeness (QED) is 0.291. The lowest BCUT2D eigenvalue weighted by Gasteiger charge is -2.12. The molecule has 1 heterocycles. The van der Waals surface area contributed by atoms with Gasteiger partial charge in [0.05, 0.1) is 21.8 Å². The van der Waals surface area contributed by atoms with Gasteiger partial charge in [-0.25, -0.2) is 17.8 Å². The van der Waals surface area contributed by atoms with E-state index in [0.717, 1.165) is 46.3 Å². The molecule has 5 rings (SSSR count). The third-order valence-corrected chi connectivity index (χ3v) is 7.45. The summed E-state index contributed by atoms with van der Waals surface area (Å²) in [7, 11) is -4.02. The van der Waals surface area contributed by atoms with E-state index in [9.17, 15) is 17.6 Å². The minimum Gasteiger partial charge on any atom is -0.298 e. The highest BCUT2D eigenvalue weighted by molar-refractivity contribution is 7.92. The molecule has 2 N–H and O–H groups in total. The van der Waals surface area contributed by atoms with E-state index in [0.29, 0.717) is 5.13 Å². The van der Waals surface area contributed by atoms with Crippen LogP contribution in [-0.2, 0) is 10.0 Å². The smallest absolute Gasteiger partial charge is 0.261 e. The summed E-state index contributed by atoms with van der Waals surface area (Å²) in [5, 5.41) is 7.19. The number of aromatic nitrogens is 1. The van der Waals surface area contributed by atoms with Gasteiger partial charge in [-0.15, -0.1) is 11.3 Å². The molecule has 6 nitrogen and oxygen atoms in total. The van der Waals surface area contributed by atoms with Gasteiger partial charge in [-0.1, -0.05) is 48.5 Å². The number of hydrogen-bond donors (Lipinski definition) is 2. The summed E-state index contributed by atoms with van der Waals surface area (Å²) in [6.45, 7) is 0. The zero-order chi connectivity index (χ0) is 24.4. The van der Waals surface area contributed by atoms with E-state index in [-0.39, 0.29) is 16.1 Å². The van der Waals surface area contributed by atoms with Gasteiger partial charge in [0.25, 0.3) is 15.9 Å². The third kappa shape index (κ3) is 4.91. The lowest BCUT2D eigenvalue weighted by Crippen LogP contribution is -2.18. The molecule has 0 aliphatic carbocycles. The fourth-order valence-electron chi connectivity index (χ4n) is 3.56. The van der Waals surface area contributed by atoms with Crippen LogP contribution < -0.4 is 10.0 Å². The van der Waals surface area contributed by atoms with Crippen LogP contribution in [-0.4, -0.2) is 19.3 Å². The first kappa shape index (κ1) is 22.7. The van der Waals surface area contributed by atoms with E-state index >= 15 is 0 Å². The Labute approximate surface area is 205 Å². The monoisotopic (exact) mass is 503 g/mol. The van der Waals surface area contributed by atoms with Gasteiger partial charge in [-0.05, 0) is 53.2 Å². The van der Waals surface area contributed by atoms with Crippen LogP contribution >= 0.6 is 11.3 Å². The van der Waals surface area contributed by atoms with Crippen molar-refractivity contribution in [3.8, 4) is 11.3 Å². The molecule has 0 fully saturated rings. The Hall–Kier alpha value is -4.08. The summed E-state index contributed by atoms with van der Waals surface area (Å²) in [6.07, 6.45) is 0. The molecule has 35 heavy (non-hydrogen) atoms. The summed E-state index contributed by atoms with van der Waals surface area (Å²) >= 11 is 1.27. The molecule has 0 bridgehead atoms. The van der Waals surface area contributed by atoms with Crippen molar-refractivity contribution in [2.45, 2.75) is 4.90 Å². The number of benzene rings is 4. The normalized spacial score (nSPS) is 11.3. The number of nitrogens with zero attached hydrogens (tertiary/aromatic N) is 1. The van der Waals surface area contributed by atoms with Crippen molar-refractivity contribution in [3.63, 3.8) is 0 Å². The maximum atomic E-state index is 13.2. The third-order valence-electron chi connectivity index (χ3n) is 5.31. The van der Waals surface area contributed by atoms with Crippen LogP contribution in [0.25, 0.3) is 22.0 Å². The Balaban J connectivity index is 1.36. The highest BCUT2D eigenvalue weighted by Gasteiger charge is 2.19. The standard InChI is InChI=1S/C26H18FN3O3S2/c27-20-11-13-21(14-12-20)35(32,33)30-23-8-4-3-7-22(23)25(31)29-26-28-24(16-34-26)19-10-9-17-5-1-2-6-18(17)15-19/h1-16,30H,(H,28,29,31). The highest BCUT2D eigenvalue weighted by Crippen LogP contribution is 2.29. The van der Waals surface area contributed by atoms with E-state index in [2.05, 4.69) is 15.0 Å². The van der Waals surface area contributed by atoms with E-state index in [4.69, 9.17) is 0 Å². The number of anilines is 2. The first-order chi connectivity index (χ1) is 16.9. The predicted molar refractivity (Wildman–Crippen MR) is 137 cm³/mol. The molecule has 4 aromatic carbocycles. The number of carbonyl (C=O) groups excluding carboxylic acids is 1. The lowest BCUT2D eigenvalue weighted by molar-refractivity contribution is 0.102. The summed E-state index contributed by atoms with van der Waals surface area (Å²) in [5.41, 5.74) is 1.87. The number of rotatable bonds is 6. The Morgan fingerprint density at radius 1 is 0.857 bits per heavy atom. The summed E-state index contributed by atoms with van der Waals surface area (Å²) in [5.74, 6) is -1.06. The van der Waals surface area contributed by atoms with Crippen molar-refractivity contribution in [1.82, 2.24) is 4.98 Å². The van der Waals surface area contributed by atoms with Gasteiger partial charge in [0.15, 0.2) is 5.13 Å². The van der Waals surface area contributed by atoms with E-state index in [1.165, 1.54) is 23.5 Å². The molecule has 1 aromatic heterocycles.